The Bertz CT molecular complexity index is 2830. The minimum Gasteiger partial charge on any atom is -0.456 e. The number of para-hydroxylation sites is 3. The molecule has 42 heavy (non-hydrogen) atoms. The molecule has 0 amide bonds. The normalized spacial score (nSPS) is 12.4. The molecule has 0 saturated heterocycles. The first kappa shape index (κ1) is 22.3. The lowest BCUT2D eigenvalue weighted by molar-refractivity contribution is 0.666. The van der Waals surface area contributed by atoms with E-state index >= 15 is 0 Å². The van der Waals surface area contributed by atoms with Crippen LogP contribution in [0.4, 0.5) is 0 Å². The summed E-state index contributed by atoms with van der Waals surface area (Å²) >= 11 is 1.62. The Kier molecular flexibility index (Phi) is 4.18. The molecule has 4 nitrogen and oxygen atoms in total. The molecule has 10 aromatic rings. The molecule has 0 N–H and O–H groups in total. The number of nitrogens with zero attached hydrogens (tertiary/aromatic N) is 1. The molecule has 0 bridgehead atoms. The van der Waals surface area contributed by atoms with Crippen molar-refractivity contribution in [3.05, 3.63) is 125 Å². The van der Waals surface area contributed by atoms with Crippen molar-refractivity contribution < 1.29 is 8.83 Å². The Labute approximate surface area is 241 Å². The monoisotopic (exact) mass is 557 g/mol. The zero-order chi connectivity index (χ0) is 27.5. The highest BCUT2D eigenvalue weighted by Crippen LogP contribution is 2.43. The van der Waals surface area contributed by atoms with E-state index < -0.39 is 0 Å². The summed E-state index contributed by atoms with van der Waals surface area (Å²) in [6, 6.07) is 39.1. The summed E-state index contributed by atoms with van der Waals surface area (Å²) in [7, 11) is 0. The van der Waals surface area contributed by atoms with Gasteiger partial charge in [-0.25, -0.2) is 0 Å². The molecule has 0 saturated carbocycles. The minimum absolute atomic E-state index is 0.0587. The smallest absolute Gasteiger partial charge is 0.195 e. The summed E-state index contributed by atoms with van der Waals surface area (Å²) in [4.78, 5) is 13.5. The number of benzene rings is 6. The van der Waals surface area contributed by atoms with E-state index in [4.69, 9.17) is 8.83 Å². The molecule has 0 unspecified atom stereocenters. The van der Waals surface area contributed by atoms with E-state index in [1.165, 1.54) is 5.39 Å². The second-order valence-electron chi connectivity index (χ2n) is 10.8. The van der Waals surface area contributed by atoms with E-state index in [9.17, 15) is 4.79 Å². The van der Waals surface area contributed by atoms with Crippen LogP contribution in [0.15, 0.2) is 129 Å². The summed E-state index contributed by atoms with van der Waals surface area (Å²) in [5.74, 6) is 0. The standard InChI is InChI=1S/C37H19NO3S/c39-36-24-10-3-6-15-32(24)42-33-19-31-25(18-26(33)36)22-11-7-13-28(37(22)41-31)38-27-12-4-1-8-20(27)21-16-17-30-34(35(21)38)23-9-2-5-14-29(23)40-30/h1-19H. The van der Waals surface area contributed by atoms with E-state index in [0.717, 1.165) is 86.2 Å². The lowest BCUT2D eigenvalue weighted by Gasteiger charge is -2.09. The van der Waals surface area contributed by atoms with Crippen LogP contribution in [-0.4, -0.2) is 4.57 Å². The fraction of sp³-hybridized carbons (Fsp3) is 0. The van der Waals surface area contributed by atoms with Crippen LogP contribution < -0.4 is 5.43 Å². The van der Waals surface area contributed by atoms with Gasteiger partial charge in [-0.1, -0.05) is 60.7 Å². The highest BCUT2D eigenvalue weighted by Gasteiger charge is 2.22. The van der Waals surface area contributed by atoms with Gasteiger partial charge in [0.25, 0.3) is 0 Å². The van der Waals surface area contributed by atoms with Crippen LogP contribution in [0.25, 0.3) is 91.5 Å². The molecule has 10 rings (SSSR count). The largest absolute Gasteiger partial charge is 0.456 e. The third kappa shape index (κ3) is 2.78. The molecule has 0 aliphatic carbocycles. The molecule has 0 aliphatic heterocycles. The molecule has 0 atom stereocenters. The molecular formula is C37H19NO3S. The zero-order valence-corrected chi connectivity index (χ0v) is 22.9. The number of furan rings is 2. The van der Waals surface area contributed by atoms with E-state index in [0.29, 0.717) is 0 Å². The first-order valence-electron chi connectivity index (χ1n) is 13.9. The number of aromatic nitrogens is 1. The Morgan fingerprint density at radius 3 is 2.24 bits per heavy atom. The van der Waals surface area contributed by atoms with Crippen molar-refractivity contribution in [1.29, 1.82) is 0 Å². The summed E-state index contributed by atoms with van der Waals surface area (Å²) in [5.41, 5.74) is 6.48. The van der Waals surface area contributed by atoms with Gasteiger partial charge in [-0.15, -0.1) is 11.3 Å². The first-order valence-corrected chi connectivity index (χ1v) is 14.7. The van der Waals surface area contributed by atoms with Crippen molar-refractivity contribution in [3.63, 3.8) is 0 Å². The van der Waals surface area contributed by atoms with Crippen LogP contribution in [0.1, 0.15) is 0 Å². The van der Waals surface area contributed by atoms with Crippen molar-refractivity contribution >= 4 is 97.2 Å². The van der Waals surface area contributed by atoms with Gasteiger partial charge in [0, 0.05) is 47.1 Å². The highest BCUT2D eigenvalue weighted by molar-refractivity contribution is 7.24. The predicted octanol–water partition coefficient (Wildman–Crippen LogP) is 10.3. The molecule has 5 heteroatoms. The van der Waals surface area contributed by atoms with Crippen molar-refractivity contribution in [2.45, 2.75) is 0 Å². The van der Waals surface area contributed by atoms with Gasteiger partial charge in [-0.2, -0.15) is 0 Å². The van der Waals surface area contributed by atoms with Crippen LogP contribution in [0.3, 0.4) is 0 Å². The van der Waals surface area contributed by atoms with Gasteiger partial charge in [0.2, 0.25) is 0 Å². The second-order valence-corrected chi connectivity index (χ2v) is 11.9. The van der Waals surface area contributed by atoms with Gasteiger partial charge in [0.15, 0.2) is 11.0 Å². The summed E-state index contributed by atoms with van der Waals surface area (Å²) in [6.07, 6.45) is 0. The minimum atomic E-state index is 0.0587. The van der Waals surface area contributed by atoms with E-state index in [-0.39, 0.29) is 5.43 Å². The fourth-order valence-electron chi connectivity index (χ4n) is 6.77. The number of hydrogen-bond donors (Lipinski definition) is 0. The molecule has 6 aromatic carbocycles. The van der Waals surface area contributed by atoms with Crippen molar-refractivity contribution in [1.82, 2.24) is 4.57 Å². The van der Waals surface area contributed by atoms with E-state index in [1.807, 2.05) is 48.5 Å². The quantitative estimate of drug-likeness (QED) is 0.189. The topological polar surface area (TPSA) is 48.3 Å². The fourth-order valence-corrected chi connectivity index (χ4v) is 7.85. The van der Waals surface area contributed by atoms with Gasteiger partial charge >= 0.3 is 0 Å². The second kappa shape index (κ2) is 7.87. The first-order chi connectivity index (χ1) is 20.7. The van der Waals surface area contributed by atoms with Crippen molar-refractivity contribution in [3.8, 4) is 5.69 Å². The highest BCUT2D eigenvalue weighted by atomic mass is 32.1. The Morgan fingerprint density at radius 1 is 0.524 bits per heavy atom. The molecule has 196 valence electrons. The number of rotatable bonds is 1. The third-order valence-corrected chi connectivity index (χ3v) is 9.72. The Morgan fingerprint density at radius 2 is 1.31 bits per heavy atom. The number of fused-ring (bicyclic) bond motifs is 12. The maximum atomic E-state index is 13.5. The lowest BCUT2D eigenvalue weighted by atomic mass is 10.1. The van der Waals surface area contributed by atoms with Crippen LogP contribution in [-0.2, 0) is 0 Å². The van der Waals surface area contributed by atoms with Crippen LogP contribution in [0.5, 0.6) is 0 Å². The molecule has 0 fully saturated rings. The van der Waals surface area contributed by atoms with Gasteiger partial charge in [0.05, 0.1) is 22.1 Å². The van der Waals surface area contributed by atoms with Crippen LogP contribution >= 0.6 is 11.3 Å². The van der Waals surface area contributed by atoms with E-state index in [1.54, 1.807) is 11.3 Å². The van der Waals surface area contributed by atoms with Crippen molar-refractivity contribution in [2.75, 3.05) is 0 Å². The van der Waals surface area contributed by atoms with Crippen LogP contribution in [0.2, 0.25) is 0 Å². The summed E-state index contributed by atoms with van der Waals surface area (Å²) in [6.45, 7) is 0. The third-order valence-electron chi connectivity index (χ3n) is 8.59. The molecule has 0 radical (unpaired) electrons. The molecule has 4 heterocycles. The van der Waals surface area contributed by atoms with Gasteiger partial charge < -0.3 is 13.4 Å². The van der Waals surface area contributed by atoms with Crippen molar-refractivity contribution in [2.24, 2.45) is 0 Å². The van der Waals surface area contributed by atoms with Gasteiger partial charge in [-0.3, -0.25) is 4.79 Å². The zero-order valence-electron chi connectivity index (χ0n) is 22.0. The molecule has 0 aliphatic rings. The molecule has 4 aromatic heterocycles. The Hall–Kier alpha value is -5.39. The average Bonchev–Trinajstić information content (AvgIpc) is 3.69. The van der Waals surface area contributed by atoms with Crippen LogP contribution in [0, 0.1) is 0 Å². The number of hydrogen-bond acceptors (Lipinski definition) is 4. The predicted molar refractivity (Wildman–Crippen MR) is 174 cm³/mol. The summed E-state index contributed by atoms with van der Waals surface area (Å²) < 4.78 is 17.2. The van der Waals surface area contributed by atoms with E-state index in [2.05, 4.69) is 71.3 Å². The SMILES string of the molecule is O=c1c2ccccc2sc2cc3oc4c(-n5c6ccccc6c6ccc7oc8ccccc8c7c65)cccc4c3cc12. The molecule has 0 spiro atoms. The van der Waals surface area contributed by atoms with Gasteiger partial charge in [0.1, 0.15) is 16.7 Å². The Balaban J connectivity index is 1.38. The molecular weight excluding hydrogens is 538 g/mol. The maximum Gasteiger partial charge on any atom is 0.195 e. The van der Waals surface area contributed by atoms with Gasteiger partial charge in [-0.05, 0) is 54.6 Å². The average molecular weight is 558 g/mol. The lowest BCUT2D eigenvalue weighted by Crippen LogP contribution is -2.00. The maximum absolute atomic E-state index is 13.5. The summed E-state index contributed by atoms with van der Waals surface area (Å²) in [5, 5.41) is 7.91.